The van der Waals surface area contributed by atoms with Crippen LogP contribution in [0.2, 0.25) is 5.02 Å². The standard InChI is InChI=1S/C18H16ClFN4O/c1-12-10-24(18(21)23-12)22-9-13-3-2-4-16(7-13)25-11-14-5-6-15(20)8-17(14)19/h2-10H,11H2,1H3,(H2,21,23). The molecule has 0 bridgehead atoms. The Morgan fingerprint density at radius 2 is 2.16 bits per heavy atom. The molecule has 0 unspecified atom stereocenters. The lowest BCUT2D eigenvalue weighted by Crippen LogP contribution is -1.98. The van der Waals surface area contributed by atoms with Crippen LogP contribution in [0.25, 0.3) is 0 Å². The van der Waals surface area contributed by atoms with Crippen molar-refractivity contribution in [3.63, 3.8) is 0 Å². The molecule has 0 aliphatic carbocycles. The largest absolute Gasteiger partial charge is 0.489 e. The predicted molar refractivity (Wildman–Crippen MR) is 96.6 cm³/mol. The Balaban J connectivity index is 1.70. The summed E-state index contributed by atoms with van der Waals surface area (Å²) in [4.78, 5) is 4.08. The van der Waals surface area contributed by atoms with E-state index in [2.05, 4.69) is 10.1 Å². The lowest BCUT2D eigenvalue weighted by molar-refractivity contribution is 0.306. The first kappa shape index (κ1) is 17.0. The fourth-order valence-corrected chi connectivity index (χ4v) is 2.43. The van der Waals surface area contributed by atoms with Crippen LogP contribution in [0.4, 0.5) is 10.3 Å². The Kier molecular flexibility index (Phi) is 5.00. The van der Waals surface area contributed by atoms with E-state index < -0.39 is 0 Å². The molecule has 0 spiro atoms. The number of benzene rings is 2. The van der Waals surface area contributed by atoms with E-state index in [0.717, 1.165) is 11.3 Å². The molecule has 128 valence electrons. The second-order valence-electron chi connectivity index (χ2n) is 5.43. The fraction of sp³-hybridized carbons (Fsp3) is 0.111. The summed E-state index contributed by atoms with van der Waals surface area (Å²) in [5, 5.41) is 4.60. The molecule has 1 aromatic heterocycles. The van der Waals surface area contributed by atoms with Gasteiger partial charge in [-0.1, -0.05) is 29.8 Å². The molecule has 5 nitrogen and oxygen atoms in total. The summed E-state index contributed by atoms with van der Waals surface area (Å²) < 4.78 is 20.3. The van der Waals surface area contributed by atoms with Gasteiger partial charge >= 0.3 is 0 Å². The molecular weight excluding hydrogens is 343 g/mol. The maximum Gasteiger partial charge on any atom is 0.221 e. The normalized spacial score (nSPS) is 11.2. The zero-order chi connectivity index (χ0) is 17.8. The number of nitrogens with zero attached hydrogens (tertiary/aromatic N) is 3. The first-order valence-electron chi connectivity index (χ1n) is 7.54. The number of hydrogen-bond acceptors (Lipinski definition) is 4. The number of anilines is 1. The van der Waals surface area contributed by atoms with Crippen LogP contribution < -0.4 is 10.5 Å². The number of imidazole rings is 1. The molecule has 1 heterocycles. The van der Waals surface area contributed by atoms with Gasteiger partial charge in [-0.05, 0) is 36.8 Å². The Morgan fingerprint density at radius 3 is 2.88 bits per heavy atom. The Morgan fingerprint density at radius 1 is 1.32 bits per heavy atom. The number of aromatic nitrogens is 2. The van der Waals surface area contributed by atoms with Crippen LogP contribution in [-0.2, 0) is 6.61 Å². The highest BCUT2D eigenvalue weighted by atomic mass is 35.5. The number of nitrogens with two attached hydrogens (primary N) is 1. The maximum absolute atomic E-state index is 13.1. The molecular formula is C18H16ClFN4O. The molecule has 2 N–H and O–H groups in total. The topological polar surface area (TPSA) is 65.4 Å². The van der Waals surface area contributed by atoms with Gasteiger partial charge in [-0.25, -0.2) is 14.1 Å². The van der Waals surface area contributed by atoms with Gasteiger partial charge in [-0.2, -0.15) is 5.10 Å². The summed E-state index contributed by atoms with van der Waals surface area (Å²) in [6, 6.07) is 11.6. The average molecular weight is 359 g/mol. The summed E-state index contributed by atoms with van der Waals surface area (Å²) in [5.41, 5.74) is 8.09. The van der Waals surface area contributed by atoms with Crippen LogP contribution in [0.3, 0.4) is 0 Å². The van der Waals surface area contributed by atoms with E-state index in [1.54, 1.807) is 18.5 Å². The summed E-state index contributed by atoms with van der Waals surface area (Å²) in [5.74, 6) is 0.604. The van der Waals surface area contributed by atoms with Crippen LogP contribution in [0.15, 0.2) is 53.8 Å². The molecule has 0 aliphatic rings. The van der Waals surface area contributed by atoms with Crippen molar-refractivity contribution in [2.24, 2.45) is 5.10 Å². The van der Waals surface area contributed by atoms with E-state index in [-0.39, 0.29) is 12.4 Å². The van der Waals surface area contributed by atoms with Gasteiger partial charge in [-0.3, -0.25) is 0 Å². The molecule has 0 radical (unpaired) electrons. The lowest BCUT2D eigenvalue weighted by atomic mass is 10.2. The number of nitrogen functional groups attached to an aromatic ring is 1. The van der Waals surface area contributed by atoms with Gasteiger partial charge in [0.2, 0.25) is 5.95 Å². The highest BCUT2D eigenvalue weighted by molar-refractivity contribution is 6.31. The van der Waals surface area contributed by atoms with E-state index in [9.17, 15) is 4.39 Å². The zero-order valence-corrected chi connectivity index (χ0v) is 14.2. The van der Waals surface area contributed by atoms with Crippen LogP contribution in [0.1, 0.15) is 16.8 Å². The predicted octanol–water partition coefficient (Wildman–Crippen LogP) is 4.03. The number of halogens is 2. The van der Waals surface area contributed by atoms with Gasteiger partial charge in [0.1, 0.15) is 18.2 Å². The molecule has 0 amide bonds. The van der Waals surface area contributed by atoms with Crippen LogP contribution in [-0.4, -0.2) is 15.9 Å². The van der Waals surface area contributed by atoms with Crippen LogP contribution >= 0.6 is 11.6 Å². The first-order chi connectivity index (χ1) is 12.0. The molecule has 7 heteroatoms. The molecule has 0 saturated heterocycles. The molecule has 25 heavy (non-hydrogen) atoms. The summed E-state index contributed by atoms with van der Waals surface area (Å²) in [6.07, 6.45) is 3.40. The third-order valence-corrected chi connectivity index (χ3v) is 3.79. The van der Waals surface area contributed by atoms with E-state index in [0.29, 0.717) is 22.3 Å². The maximum atomic E-state index is 13.1. The smallest absolute Gasteiger partial charge is 0.221 e. The number of aryl methyl sites for hydroxylation is 1. The monoisotopic (exact) mass is 358 g/mol. The van der Waals surface area contributed by atoms with Crippen molar-refractivity contribution in [2.75, 3.05) is 5.73 Å². The number of rotatable bonds is 5. The lowest BCUT2D eigenvalue weighted by Gasteiger charge is -2.08. The van der Waals surface area contributed by atoms with Crippen molar-refractivity contribution in [1.29, 1.82) is 0 Å². The Hall–Kier alpha value is -2.86. The van der Waals surface area contributed by atoms with Crippen LogP contribution in [0, 0.1) is 12.7 Å². The van der Waals surface area contributed by atoms with Gasteiger partial charge in [-0.15, -0.1) is 0 Å². The van der Waals surface area contributed by atoms with E-state index >= 15 is 0 Å². The van der Waals surface area contributed by atoms with Gasteiger partial charge in [0.05, 0.1) is 23.1 Å². The minimum Gasteiger partial charge on any atom is -0.489 e. The van der Waals surface area contributed by atoms with Gasteiger partial charge in [0.15, 0.2) is 0 Å². The summed E-state index contributed by atoms with van der Waals surface area (Å²) >= 11 is 6.00. The third kappa shape index (κ3) is 4.36. The van der Waals surface area contributed by atoms with Gasteiger partial charge < -0.3 is 10.5 Å². The minimum absolute atomic E-state index is 0.243. The molecule has 0 saturated carbocycles. The van der Waals surface area contributed by atoms with Crippen molar-refractivity contribution in [3.8, 4) is 5.75 Å². The van der Waals surface area contributed by atoms with Gasteiger partial charge in [0.25, 0.3) is 0 Å². The second-order valence-corrected chi connectivity index (χ2v) is 5.83. The second kappa shape index (κ2) is 7.36. The Bertz CT molecular complexity index is 923. The van der Waals surface area contributed by atoms with Crippen molar-refractivity contribution in [3.05, 3.63) is 76.3 Å². The number of hydrogen-bond donors (Lipinski definition) is 1. The quantitative estimate of drug-likeness (QED) is 0.700. The van der Waals surface area contributed by atoms with Gasteiger partial charge in [0, 0.05) is 5.56 Å². The highest BCUT2D eigenvalue weighted by Gasteiger charge is 2.04. The third-order valence-electron chi connectivity index (χ3n) is 3.43. The summed E-state index contributed by atoms with van der Waals surface area (Å²) in [7, 11) is 0. The van der Waals surface area contributed by atoms with E-state index in [1.807, 2.05) is 31.2 Å². The first-order valence-corrected chi connectivity index (χ1v) is 7.91. The zero-order valence-electron chi connectivity index (χ0n) is 13.5. The van der Waals surface area contributed by atoms with E-state index in [4.69, 9.17) is 22.1 Å². The molecule has 3 aromatic rings. The molecule has 0 aliphatic heterocycles. The average Bonchev–Trinajstić information content (AvgIpc) is 2.90. The number of ether oxygens (including phenoxy) is 1. The van der Waals surface area contributed by atoms with E-state index in [1.165, 1.54) is 16.8 Å². The Labute approximate surface area is 149 Å². The van der Waals surface area contributed by atoms with Crippen LogP contribution in [0.5, 0.6) is 5.75 Å². The summed E-state index contributed by atoms with van der Waals surface area (Å²) in [6.45, 7) is 2.09. The van der Waals surface area contributed by atoms with Crippen molar-refractivity contribution < 1.29 is 9.13 Å². The highest BCUT2D eigenvalue weighted by Crippen LogP contribution is 2.20. The molecule has 2 aromatic carbocycles. The van der Waals surface area contributed by atoms with Crippen molar-refractivity contribution in [2.45, 2.75) is 13.5 Å². The minimum atomic E-state index is -0.374. The molecule has 0 atom stereocenters. The molecule has 0 fully saturated rings. The van der Waals surface area contributed by atoms with Crippen molar-refractivity contribution in [1.82, 2.24) is 9.66 Å². The van der Waals surface area contributed by atoms with Crippen molar-refractivity contribution >= 4 is 23.8 Å². The molecule has 3 rings (SSSR count). The fourth-order valence-electron chi connectivity index (χ4n) is 2.21. The SMILES string of the molecule is Cc1cn(N=Cc2cccc(OCc3ccc(F)cc3Cl)c2)c(N)n1.